The van der Waals surface area contributed by atoms with Gasteiger partial charge in [-0.25, -0.2) is 0 Å². The molecular weight excluding hydrogens is 344 g/mol. The smallest absolute Gasteiger partial charge is 0.127 e. The van der Waals surface area contributed by atoms with Crippen LogP contribution in [0.2, 0.25) is 0 Å². The number of hydrogen-bond acceptors (Lipinski definition) is 2. The normalized spacial score (nSPS) is 11.9. The van der Waals surface area contributed by atoms with Gasteiger partial charge in [-0.3, -0.25) is 0 Å². The van der Waals surface area contributed by atoms with Crippen LogP contribution in [0, 0.1) is 0 Å². The minimum absolute atomic E-state index is 0.907. The minimum Gasteiger partial charge on any atom is -0.496 e. The first-order valence-electron chi connectivity index (χ1n) is 9.45. The Labute approximate surface area is 162 Å². The summed E-state index contributed by atoms with van der Waals surface area (Å²) in [6.07, 6.45) is 0. The van der Waals surface area contributed by atoms with E-state index in [1.807, 2.05) is 0 Å². The van der Waals surface area contributed by atoms with Crippen LogP contribution in [-0.4, -0.2) is 14.2 Å². The van der Waals surface area contributed by atoms with E-state index in [2.05, 4.69) is 72.8 Å². The van der Waals surface area contributed by atoms with Gasteiger partial charge in [0.25, 0.3) is 0 Å². The molecule has 0 aliphatic rings. The Kier molecular flexibility index (Phi) is 3.05. The van der Waals surface area contributed by atoms with E-state index in [1.54, 1.807) is 14.2 Å². The van der Waals surface area contributed by atoms with Crippen molar-refractivity contribution in [3.8, 4) is 11.5 Å². The predicted octanol–water partition coefficient (Wildman–Crippen LogP) is 6.91. The predicted molar refractivity (Wildman–Crippen MR) is 118 cm³/mol. The van der Waals surface area contributed by atoms with Gasteiger partial charge in [-0.2, -0.15) is 0 Å². The molecule has 0 spiro atoms. The van der Waals surface area contributed by atoms with Gasteiger partial charge in [0.15, 0.2) is 0 Å². The second-order valence-corrected chi connectivity index (χ2v) is 7.22. The third-order valence-electron chi connectivity index (χ3n) is 6.00. The molecule has 2 heteroatoms. The Morgan fingerprint density at radius 2 is 0.750 bits per heavy atom. The lowest BCUT2D eigenvalue weighted by molar-refractivity contribution is 0.420. The molecule has 0 amide bonds. The zero-order valence-corrected chi connectivity index (χ0v) is 15.7. The van der Waals surface area contributed by atoms with E-state index in [9.17, 15) is 0 Å². The monoisotopic (exact) mass is 362 g/mol. The fraction of sp³-hybridized carbons (Fsp3) is 0.0769. The van der Waals surface area contributed by atoms with E-state index in [0.717, 1.165) is 11.5 Å². The SMILES string of the molecule is COc1ccc2c3ccccc3c3c(OC)ccc4c5ccccc5c1c2c43. The second-order valence-electron chi connectivity index (χ2n) is 7.22. The number of rotatable bonds is 2. The van der Waals surface area contributed by atoms with E-state index in [0.29, 0.717) is 0 Å². The largest absolute Gasteiger partial charge is 0.496 e. The molecule has 0 saturated heterocycles. The number of fused-ring (bicyclic) bond motifs is 6. The van der Waals surface area contributed by atoms with E-state index >= 15 is 0 Å². The molecule has 0 aliphatic heterocycles. The van der Waals surface area contributed by atoms with Crippen LogP contribution in [0.4, 0.5) is 0 Å². The number of methoxy groups -OCH3 is 2. The average Bonchev–Trinajstić information content (AvgIpc) is 2.77. The first-order valence-corrected chi connectivity index (χ1v) is 9.45. The lowest BCUT2D eigenvalue weighted by atomic mass is 9.85. The van der Waals surface area contributed by atoms with Crippen LogP contribution in [0.15, 0.2) is 72.8 Å². The molecule has 134 valence electrons. The highest BCUT2D eigenvalue weighted by Gasteiger charge is 2.20. The molecule has 0 N–H and O–H groups in total. The number of hydrogen-bond donors (Lipinski definition) is 0. The van der Waals surface area contributed by atoms with E-state index in [-0.39, 0.29) is 0 Å². The van der Waals surface area contributed by atoms with Crippen molar-refractivity contribution in [1.29, 1.82) is 0 Å². The zero-order chi connectivity index (χ0) is 18.8. The van der Waals surface area contributed by atoms with Crippen molar-refractivity contribution < 1.29 is 9.47 Å². The molecule has 0 bridgehead atoms. The first kappa shape index (κ1) is 15.5. The third kappa shape index (κ3) is 1.77. The van der Waals surface area contributed by atoms with Crippen LogP contribution in [0.25, 0.3) is 53.9 Å². The van der Waals surface area contributed by atoms with Crippen molar-refractivity contribution in [3.05, 3.63) is 72.8 Å². The third-order valence-corrected chi connectivity index (χ3v) is 6.00. The molecule has 0 atom stereocenters. The molecule has 6 rings (SSSR count). The van der Waals surface area contributed by atoms with Gasteiger partial charge in [-0.15, -0.1) is 0 Å². The molecule has 28 heavy (non-hydrogen) atoms. The van der Waals surface area contributed by atoms with E-state index in [4.69, 9.17) is 9.47 Å². The summed E-state index contributed by atoms with van der Waals surface area (Å²) in [4.78, 5) is 0. The lowest BCUT2D eigenvalue weighted by Gasteiger charge is -2.20. The summed E-state index contributed by atoms with van der Waals surface area (Å²) < 4.78 is 11.6. The van der Waals surface area contributed by atoms with Crippen LogP contribution in [0.1, 0.15) is 0 Å². The van der Waals surface area contributed by atoms with Gasteiger partial charge in [0, 0.05) is 21.5 Å². The fourth-order valence-electron chi connectivity index (χ4n) is 4.88. The van der Waals surface area contributed by atoms with Crippen molar-refractivity contribution in [3.63, 3.8) is 0 Å². The molecule has 0 heterocycles. The van der Waals surface area contributed by atoms with Gasteiger partial charge in [0.2, 0.25) is 0 Å². The van der Waals surface area contributed by atoms with Crippen molar-refractivity contribution in [2.24, 2.45) is 0 Å². The molecule has 0 aromatic heterocycles. The van der Waals surface area contributed by atoms with E-state index < -0.39 is 0 Å². The summed E-state index contributed by atoms with van der Waals surface area (Å²) in [7, 11) is 3.50. The fourth-order valence-corrected chi connectivity index (χ4v) is 4.88. The van der Waals surface area contributed by atoms with E-state index in [1.165, 1.54) is 53.9 Å². The molecule has 6 aromatic rings. The summed E-state index contributed by atoms with van der Waals surface area (Å²) >= 11 is 0. The molecule has 2 nitrogen and oxygen atoms in total. The number of ether oxygens (including phenoxy) is 2. The van der Waals surface area contributed by atoms with Gasteiger partial charge >= 0.3 is 0 Å². The minimum atomic E-state index is 0.907. The Morgan fingerprint density at radius 3 is 1.14 bits per heavy atom. The van der Waals surface area contributed by atoms with Crippen LogP contribution >= 0.6 is 0 Å². The first-order chi connectivity index (χ1) is 13.8. The molecule has 0 saturated carbocycles. The number of benzene rings is 6. The topological polar surface area (TPSA) is 18.5 Å². The van der Waals surface area contributed by atoms with Crippen LogP contribution < -0.4 is 9.47 Å². The van der Waals surface area contributed by atoms with Gasteiger partial charge in [0.1, 0.15) is 11.5 Å². The molecule has 0 aliphatic carbocycles. The maximum absolute atomic E-state index is 5.82. The van der Waals surface area contributed by atoms with Crippen LogP contribution in [0.3, 0.4) is 0 Å². The summed E-state index contributed by atoms with van der Waals surface area (Å²) in [5.74, 6) is 1.81. The quantitative estimate of drug-likeness (QED) is 0.246. The molecule has 0 fully saturated rings. The summed E-state index contributed by atoms with van der Waals surface area (Å²) in [5, 5.41) is 12.3. The van der Waals surface area contributed by atoms with Crippen molar-refractivity contribution in [1.82, 2.24) is 0 Å². The Balaban J connectivity index is 2.12. The van der Waals surface area contributed by atoms with Gasteiger partial charge in [-0.05, 0) is 44.5 Å². The maximum atomic E-state index is 5.82. The molecule has 0 radical (unpaired) electrons. The van der Waals surface area contributed by atoms with Crippen molar-refractivity contribution in [2.45, 2.75) is 0 Å². The summed E-state index contributed by atoms with van der Waals surface area (Å²) in [6, 6.07) is 25.8. The standard InChI is InChI=1S/C26H18O2/c1-27-21-13-11-19-16-8-4-6-10-18(16)24-22(28-2)14-12-20-15-7-3-5-9-17(15)23(21)25(19)26(20)24/h3-14H,1-2H3. The Hall–Kier alpha value is -3.52. The van der Waals surface area contributed by atoms with Crippen molar-refractivity contribution >= 4 is 53.9 Å². The Morgan fingerprint density at radius 1 is 0.393 bits per heavy atom. The molecule has 0 unspecified atom stereocenters. The van der Waals surface area contributed by atoms with Crippen molar-refractivity contribution in [2.75, 3.05) is 14.2 Å². The van der Waals surface area contributed by atoms with Gasteiger partial charge in [0.05, 0.1) is 14.2 Å². The van der Waals surface area contributed by atoms with Crippen LogP contribution in [-0.2, 0) is 0 Å². The second kappa shape index (κ2) is 5.49. The summed E-state index contributed by atoms with van der Waals surface area (Å²) in [6.45, 7) is 0. The lowest BCUT2D eigenvalue weighted by Crippen LogP contribution is -1.94. The Bertz CT molecular complexity index is 1410. The van der Waals surface area contributed by atoms with Gasteiger partial charge < -0.3 is 9.47 Å². The maximum Gasteiger partial charge on any atom is 0.127 e. The van der Waals surface area contributed by atoms with Gasteiger partial charge in [-0.1, -0.05) is 60.7 Å². The highest BCUT2D eigenvalue weighted by Crippen LogP contribution is 2.49. The highest BCUT2D eigenvalue weighted by atomic mass is 16.5. The van der Waals surface area contributed by atoms with Crippen LogP contribution in [0.5, 0.6) is 11.5 Å². The summed E-state index contributed by atoms with van der Waals surface area (Å²) in [5.41, 5.74) is 0. The zero-order valence-electron chi connectivity index (χ0n) is 15.7. The molecular formula is C26H18O2. The molecule has 6 aromatic carbocycles. The average molecular weight is 362 g/mol. The highest BCUT2D eigenvalue weighted by molar-refractivity contribution is 6.41.